The number of carbonyl (C=O) groups is 1. The van der Waals surface area contributed by atoms with Crippen LogP contribution in [-0.2, 0) is 10.0 Å². The lowest BCUT2D eigenvalue weighted by Gasteiger charge is -2.32. The van der Waals surface area contributed by atoms with E-state index in [0.29, 0.717) is 18.7 Å². The fourth-order valence-corrected chi connectivity index (χ4v) is 7.35. The second-order valence-electron chi connectivity index (χ2n) is 8.81. The first-order chi connectivity index (χ1) is 15.5. The van der Waals surface area contributed by atoms with Gasteiger partial charge in [0.05, 0.1) is 10.9 Å². The van der Waals surface area contributed by atoms with Crippen LogP contribution in [-0.4, -0.2) is 55.8 Å². The van der Waals surface area contributed by atoms with Crippen molar-refractivity contribution < 1.29 is 13.2 Å². The molecule has 2 saturated heterocycles. The maximum absolute atomic E-state index is 13.2. The Morgan fingerprint density at radius 1 is 0.969 bits per heavy atom. The van der Waals surface area contributed by atoms with Gasteiger partial charge >= 0.3 is 0 Å². The maximum atomic E-state index is 13.2. The van der Waals surface area contributed by atoms with Gasteiger partial charge in [-0.3, -0.25) is 9.69 Å². The number of sulfonamides is 1. The van der Waals surface area contributed by atoms with Gasteiger partial charge in [0.2, 0.25) is 10.0 Å². The summed E-state index contributed by atoms with van der Waals surface area (Å²) in [5.41, 5.74) is 0.388. The lowest BCUT2D eigenvalue weighted by atomic mass is 10.1. The monoisotopic (exact) mass is 475 g/mol. The molecule has 0 saturated carbocycles. The number of nitrogens with one attached hydrogen (secondary N) is 1. The van der Waals surface area contributed by atoms with Gasteiger partial charge in [-0.25, -0.2) is 8.42 Å². The summed E-state index contributed by atoms with van der Waals surface area (Å²) in [5, 5.41) is 5.22. The SMILES string of the molecule is CC(NC(=O)c1cccc(S(=O)(=O)N2CCCCCC2)c1)C(c1cccs1)N1CCCC1. The molecule has 174 valence electrons. The Bertz CT molecular complexity index is 993. The molecule has 6 nitrogen and oxygen atoms in total. The van der Waals surface area contributed by atoms with Crippen molar-refractivity contribution in [1.29, 1.82) is 0 Å². The van der Waals surface area contributed by atoms with Crippen LogP contribution in [0, 0.1) is 0 Å². The predicted octanol–water partition coefficient (Wildman–Crippen LogP) is 4.27. The minimum atomic E-state index is -3.59. The summed E-state index contributed by atoms with van der Waals surface area (Å²) in [4.78, 5) is 17.0. The molecule has 3 heterocycles. The van der Waals surface area contributed by atoms with E-state index in [9.17, 15) is 13.2 Å². The molecular formula is C24H33N3O3S2. The molecule has 0 spiro atoms. The molecule has 0 radical (unpaired) electrons. The third-order valence-electron chi connectivity index (χ3n) is 6.50. The second-order valence-corrected chi connectivity index (χ2v) is 11.7. The highest BCUT2D eigenvalue weighted by Crippen LogP contribution is 2.31. The molecular weight excluding hydrogens is 442 g/mol. The predicted molar refractivity (Wildman–Crippen MR) is 128 cm³/mol. The van der Waals surface area contributed by atoms with Crippen LogP contribution in [0.1, 0.15) is 66.7 Å². The third kappa shape index (κ3) is 5.25. The van der Waals surface area contributed by atoms with Gasteiger partial charge in [0, 0.05) is 29.6 Å². The van der Waals surface area contributed by atoms with Gasteiger partial charge in [-0.2, -0.15) is 4.31 Å². The highest BCUT2D eigenvalue weighted by atomic mass is 32.2. The molecule has 2 aromatic rings. The molecule has 2 aliphatic rings. The van der Waals surface area contributed by atoms with Crippen molar-refractivity contribution in [3.05, 3.63) is 52.2 Å². The lowest BCUT2D eigenvalue weighted by Crippen LogP contribution is -2.43. The number of nitrogens with zero attached hydrogens (tertiary/aromatic N) is 2. The van der Waals surface area contributed by atoms with Crippen LogP contribution in [0.2, 0.25) is 0 Å². The number of benzene rings is 1. The summed E-state index contributed by atoms with van der Waals surface area (Å²) in [5.74, 6) is -0.230. The van der Waals surface area contributed by atoms with E-state index in [2.05, 4.69) is 27.7 Å². The Hall–Kier alpha value is -1.74. The minimum absolute atomic E-state index is 0.0925. The van der Waals surface area contributed by atoms with Crippen molar-refractivity contribution in [1.82, 2.24) is 14.5 Å². The molecule has 1 amide bonds. The van der Waals surface area contributed by atoms with E-state index < -0.39 is 10.0 Å². The van der Waals surface area contributed by atoms with E-state index in [-0.39, 0.29) is 22.9 Å². The van der Waals surface area contributed by atoms with Gasteiger partial charge in [0.25, 0.3) is 5.91 Å². The van der Waals surface area contributed by atoms with Gasteiger partial charge in [-0.15, -0.1) is 11.3 Å². The molecule has 2 aliphatic heterocycles. The summed E-state index contributed by atoms with van der Waals surface area (Å²) in [6.07, 6.45) is 6.26. The van der Waals surface area contributed by atoms with E-state index in [0.717, 1.165) is 38.8 Å². The molecule has 1 N–H and O–H groups in total. The van der Waals surface area contributed by atoms with Crippen molar-refractivity contribution in [2.24, 2.45) is 0 Å². The highest BCUT2D eigenvalue weighted by molar-refractivity contribution is 7.89. The highest BCUT2D eigenvalue weighted by Gasteiger charge is 2.31. The van der Waals surface area contributed by atoms with Crippen LogP contribution in [0.4, 0.5) is 0 Å². The molecule has 0 aliphatic carbocycles. The molecule has 1 aromatic carbocycles. The largest absolute Gasteiger partial charge is 0.348 e. The maximum Gasteiger partial charge on any atom is 0.251 e. The van der Waals surface area contributed by atoms with Crippen molar-refractivity contribution in [2.45, 2.75) is 62.4 Å². The number of hydrogen-bond acceptors (Lipinski definition) is 5. The molecule has 32 heavy (non-hydrogen) atoms. The number of likely N-dealkylation sites (tertiary alicyclic amines) is 1. The summed E-state index contributed by atoms with van der Waals surface area (Å²) < 4.78 is 27.9. The topological polar surface area (TPSA) is 69.7 Å². The number of amides is 1. The minimum Gasteiger partial charge on any atom is -0.348 e. The van der Waals surface area contributed by atoms with Crippen LogP contribution in [0.25, 0.3) is 0 Å². The van der Waals surface area contributed by atoms with E-state index >= 15 is 0 Å². The first-order valence-electron chi connectivity index (χ1n) is 11.7. The number of thiophene rings is 1. The Balaban J connectivity index is 1.50. The quantitative estimate of drug-likeness (QED) is 0.649. The Morgan fingerprint density at radius 3 is 2.31 bits per heavy atom. The van der Waals surface area contributed by atoms with E-state index in [1.807, 2.05) is 6.92 Å². The summed E-state index contributed by atoms with van der Waals surface area (Å²) >= 11 is 1.71. The normalized spacial score (nSPS) is 20.5. The number of carbonyl (C=O) groups excluding carboxylic acids is 1. The Kier molecular flexibility index (Phi) is 7.66. The molecule has 2 atom stereocenters. The standard InChI is InChI=1S/C24H33N3O3S2/c1-19(23(22-12-9-17-31-22)26-13-6-7-14-26)25-24(28)20-10-8-11-21(18-20)32(29,30)27-15-4-2-3-5-16-27/h8-12,17-19,23H,2-7,13-16H2,1H3,(H,25,28). The van der Waals surface area contributed by atoms with E-state index in [1.165, 1.54) is 23.8 Å². The molecule has 1 aromatic heterocycles. The first kappa shape index (κ1) is 23.4. The van der Waals surface area contributed by atoms with Crippen LogP contribution in [0.15, 0.2) is 46.7 Å². The van der Waals surface area contributed by atoms with Crippen LogP contribution in [0.3, 0.4) is 0 Å². The fourth-order valence-electron chi connectivity index (χ4n) is 4.82. The van der Waals surface area contributed by atoms with Gasteiger partial charge in [0.15, 0.2) is 0 Å². The average molecular weight is 476 g/mol. The van der Waals surface area contributed by atoms with Gasteiger partial charge in [0.1, 0.15) is 0 Å². The lowest BCUT2D eigenvalue weighted by molar-refractivity contribution is 0.0907. The first-order valence-corrected chi connectivity index (χ1v) is 14.0. The van der Waals surface area contributed by atoms with Crippen LogP contribution < -0.4 is 5.32 Å². The molecule has 0 bridgehead atoms. The molecule has 2 fully saturated rings. The third-order valence-corrected chi connectivity index (χ3v) is 9.34. The van der Waals surface area contributed by atoms with Gasteiger partial charge in [-0.1, -0.05) is 25.0 Å². The second kappa shape index (κ2) is 10.5. The molecule has 4 rings (SSSR count). The van der Waals surface area contributed by atoms with Crippen molar-refractivity contribution in [3.63, 3.8) is 0 Å². The zero-order chi connectivity index (χ0) is 22.6. The summed E-state index contributed by atoms with van der Waals surface area (Å²) in [7, 11) is -3.59. The van der Waals surface area contributed by atoms with Gasteiger partial charge in [-0.05, 0) is 75.3 Å². The molecule has 8 heteroatoms. The smallest absolute Gasteiger partial charge is 0.251 e. The summed E-state index contributed by atoms with van der Waals surface area (Å²) in [6, 6.07) is 10.7. The van der Waals surface area contributed by atoms with Crippen LogP contribution >= 0.6 is 11.3 Å². The van der Waals surface area contributed by atoms with Crippen LogP contribution in [0.5, 0.6) is 0 Å². The van der Waals surface area contributed by atoms with E-state index in [4.69, 9.17) is 0 Å². The Morgan fingerprint density at radius 2 is 1.66 bits per heavy atom. The zero-order valence-electron chi connectivity index (χ0n) is 18.7. The van der Waals surface area contributed by atoms with Crippen molar-refractivity contribution in [2.75, 3.05) is 26.2 Å². The summed E-state index contributed by atoms with van der Waals surface area (Å²) in [6.45, 7) is 5.21. The Labute approximate surface area is 195 Å². The number of rotatable bonds is 7. The number of hydrogen-bond donors (Lipinski definition) is 1. The van der Waals surface area contributed by atoms with Gasteiger partial charge < -0.3 is 5.32 Å². The average Bonchev–Trinajstić information content (AvgIpc) is 3.44. The fraction of sp³-hybridized carbons (Fsp3) is 0.542. The zero-order valence-corrected chi connectivity index (χ0v) is 20.3. The van der Waals surface area contributed by atoms with Crippen molar-refractivity contribution >= 4 is 27.3 Å². The molecule has 2 unspecified atom stereocenters. The van der Waals surface area contributed by atoms with Crippen molar-refractivity contribution in [3.8, 4) is 0 Å². The van der Waals surface area contributed by atoms with E-state index in [1.54, 1.807) is 33.8 Å².